The number of fused-ring (bicyclic) bond motifs is 1. The zero-order valence-electron chi connectivity index (χ0n) is 9.20. The molecule has 0 aromatic carbocycles. The molecule has 2 aliphatic rings. The minimum Gasteiger partial charge on any atom is -0.348 e. The summed E-state index contributed by atoms with van der Waals surface area (Å²) in [4.78, 5) is 0. The molecule has 14 heavy (non-hydrogen) atoms. The van der Waals surface area contributed by atoms with Crippen LogP contribution in [0.3, 0.4) is 0 Å². The normalized spacial score (nSPS) is 40.3. The highest BCUT2D eigenvalue weighted by Crippen LogP contribution is 2.32. The lowest BCUT2D eigenvalue weighted by molar-refractivity contribution is -0.233. The first-order chi connectivity index (χ1) is 6.38. The Balaban J connectivity index is 2.03. The van der Waals surface area contributed by atoms with E-state index in [0.29, 0.717) is 13.2 Å². The fraction of sp³-hybridized carbons (Fsp3) is 1.00. The monoisotopic (exact) mass is 202 g/mol. The minimum absolute atomic E-state index is 0.00762. The van der Waals surface area contributed by atoms with Crippen LogP contribution >= 0.6 is 0 Å². The highest BCUT2D eigenvalue weighted by Gasteiger charge is 2.44. The van der Waals surface area contributed by atoms with Crippen molar-refractivity contribution in [3.05, 3.63) is 0 Å². The smallest absolute Gasteiger partial charge is 0.163 e. The van der Waals surface area contributed by atoms with E-state index in [-0.39, 0.29) is 12.2 Å². The lowest BCUT2D eigenvalue weighted by atomic mass is 10.2. The molecule has 2 fully saturated rings. The average Bonchev–Trinajstić information content (AvgIpc) is 2.27. The molecule has 0 amide bonds. The Labute approximate surface area is 84.5 Å². The molecule has 0 bridgehead atoms. The molecule has 4 nitrogen and oxygen atoms in total. The van der Waals surface area contributed by atoms with Crippen LogP contribution in [0.5, 0.6) is 0 Å². The largest absolute Gasteiger partial charge is 0.348 e. The molecule has 0 spiro atoms. The Morgan fingerprint density at radius 2 is 1.21 bits per heavy atom. The van der Waals surface area contributed by atoms with Crippen LogP contribution in [0.15, 0.2) is 0 Å². The van der Waals surface area contributed by atoms with E-state index in [0.717, 1.165) is 0 Å². The van der Waals surface area contributed by atoms with Gasteiger partial charge in [0.1, 0.15) is 12.2 Å². The third-order valence-electron chi connectivity index (χ3n) is 2.48. The van der Waals surface area contributed by atoms with E-state index in [1.54, 1.807) is 0 Å². The van der Waals surface area contributed by atoms with E-state index in [1.807, 2.05) is 27.7 Å². The predicted octanol–water partition coefficient (Wildman–Crippen LogP) is 1.29. The van der Waals surface area contributed by atoms with E-state index in [4.69, 9.17) is 18.9 Å². The van der Waals surface area contributed by atoms with Crippen molar-refractivity contribution in [3.8, 4) is 0 Å². The molecule has 82 valence electrons. The quantitative estimate of drug-likeness (QED) is 0.593. The number of hydrogen-bond acceptors (Lipinski definition) is 4. The summed E-state index contributed by atoms with van der Waals surface area (Å²) in [5.41, 5.74) is 0. The molecular formula is C10H18O4. The van der Waals surface area contributed by atoms with Gasteiger partial charge in [-0.05, 0) is 27.7 Å². The van der Waals surface area contributed by atoms with Crippen LogP contribution in [-0.2, 0) is 18.9 Å². The molecule has 2 rings (SSSR count). The molecule has 2 unspecified atom stereocenters. The Morgan fingerprint density at radius 3 is 1.64 bits per heavy atom. The van der Waals surface area contributed by atoms with Crippen molar-refractivity contribution < 1.29 is 18.9 Å². The summed E-state index contributed by atoms with van der Waals surface area (Å²) < 4.78 is 22.5. The third-order valence-corrected chi connectivity index (χ3v) is 2.48. The Kier molecular flexibility index (Phi) is 2.34. The molecular weight excluding hydrogens is 184 g/mol. The lowest BCUT2D eigenvalue weighted by Gasteiger charge is -2.25. The first-order valence-electron chi connectivity index (χ1n) is 5.02. The van der Waals surface area contributed by atoms with Crippen LogP contribution in [0.2, 0.25) is 0 Å². The second-order valence-corrected chi connectivity index (χ2v) is 4.73. The number of rotatable bonds is 0. The molecule has 2 saturated heterocycles. The van der Waals surface area contributed by atoms with Gasteiger partial charge < -0.3 is 18.9 Å². The van der Waals surface area contributed by atoms with Crippen molar-refractivity contribution in [2.45, 2.75) is 51.5 Å². The van der Waals surface area contributed by atoms with Crippen molar-refractivity contribution in [2.75, 3.05) is 13.2 Å². The molecule has 0 aromatic rings. The molecule has 0 aliphatic carbocycles. The Hall–Kier alpha value is -0.160. The SMILES string of the molecule is CC1(C)OCC2OC(C)(C)OC2CO1. The van der Waals surface area contributed by atoms with Gasteiger partial charge in [0.25, 0.3) is 0 Å². The van der Waals surface area contributed by atoms with Crippen molar-refractivity contribution in [1.82, 2.24) is 0 Å². The van der Waals surface area contributed by atoms with Crippen molar-refractivity contribution in [3.63, 3.8) is 0 Å². The number of ether oxygens (including phenoxy) is 4. The first kappa shape index (κ1) is 10.4. The fourth-order valence-electron chi connectivity index (χ4n) is 1.80. The zero-order valence-corrected chi connectivity index (χ0v) is 9.20. The van der Waals surface area contributed by atoms with Gasteiger partial charge in [-0.15, -0.1) is 0 Å². The van der Waals surface area contributed by atoms with Crippen LogP contribution in [-0.4, -0.2) is 37.0 Å². The summed E-state index contributed by atoms with van der Waals surface area (Å²) in [6.45, 7) is 8.68. The maximum Gasteiger partial charge on any atom is 0.163 e. The Bertz CT molecular complexity index is 202. The second kappa shape index (κ2) is 3.17. The van der Waals surface area contributed by atoms with Crippen LogP contribution in [0.4, 0.5) is 0 Å². The van der Waals surface area contributed by atoms with Crippen molar-refractivity contribution in [2.24, 2.45) is 0 Å². The van der Waals surface area contributed by atoms with Crippen molar-refractivity contribution >= 4 is 0 Å². The van der Waals surface area contributed by atoms with E-state index >= 15 is 0 Å². The van der Waals surface area contributed by atoms with Gasteiger partial charge in [-0.25, -0.2) is 0 Å². The highest BCUT2D eigenvalue weighted by molar-refractivity contribution is 4.83. The molecule has 2 atom stereocenters. The van der Waals surface area contributed by atoms with Gasteiger partial charge in [-0.1, -0.05) is 0 Å². The fourth-order valence-corrected chi connectivity index (χ4v) is 1.80. The molecule has 4 heteroatoms. The first-order valence-corrected chi connectivity index (χ1v) is 5.02. The topological polar surface area (TPSA) is 36.9 Å². The Morgan fingerprint density at radius 1 is 0.786 bits per heavy atom. The van der Waals surface area contributed by atoms with Gasteiger partial charge in [0.2, 0.25) is 0 Å². The van der Waals surface area contributed by atoms with Crippen LogP contribution < -0.4 is 0 Å². The summed E-state index contributed by atoms with van der Waals surface area (Å²) in [5, 5.41) is 0. The maximum atomic E-state index is 5.70. The molecule has 0 aromatic heterocycles. The highest BCUT2D eigenvalue weighted by atomic mass is 16.8. The van der Waals surface area contributed by atoms with Gasteiger partial charge in [0, 0.05) is 0 Å². The maximum absolute atomic E-state index is 5.70. The van der Waals surface area contributed by atoms with Gasteiger partial charge in [-0.2, -0.15) is 0 Å². The van der Waals surface area contributed by atoms with Gasteiger partial charge >= 0.3 is 0 Å². The van der Waals surface area contributed by atoms with Gasteiger partial charge in [0.15, 0.2) is 11.6 Å². The molecule has 0 N–H and O–H groups in total. The van der Waals surface area contributed by atoms with E-state index in [1.165, 1.54) is 0 Å². The number of hydrogen-bond donors (Lipinski definition) is 0. The summed E-state index contributed by atoms with van der Waals surface area (Å²) in [6.07, 6.45) is -0.0152. The van der Waals surface area contributed by atoms with Crippen LogP contribution in [0.1, 0.15) is 27.7 Å². The lowest BCUT2D eigenvalue weighted by Crippen LogP contribution is -2.30. The third kappa shape index (κ3) is 2.08. The van der Waals surface area contributed by atoms with Crippen molar-refractivity contribution in [1.29, 1.82) is 0 Å². The van der Waals surface area contributed by atoms with Gasteiger partial charge in [-0.3, -0.25) is 0 Å². The van der Waals surface area contributed by atoms with Gasteiger partial charge in [0.05, 0.1) is 13.2 Å². The zero-order chi connectivity index (χ0) is 10.4. The van der Waals surface area contributed by atoms with Crippen LogP contribution in [0.25, 0.3) is 0 Å². The summed E-state index contributed by atoms with van der Waals surface area (Å²) in [6, 6.07) is 0. The summed E-state index contributed by atoms with van der Waals surface area (Å²) in [7, 11) is 0. The standard InChI is InChI=1S/C10H18O4/c1-9(2)11-5-7-8(6-12-9)14-10(3,4)13-7/h7-8H,5-6H2,1-4H3. The van der Waals surface area contributed by atoms with E-state index < -0.39 is 11.6 Å². The van der Waals surface area contributed by atoms with Crippen LogP contribution in [0, 0.1) is 0 Å². The minimum atomic E-state index is -0.527. The molecule has 0 radical (unpaired) electrons. The van der Waals surface area contributed by atoms with E-state index in [2.05, 4.69) is 0 Å². The predicted molar refractivity (Wildman–Crippen MR) is 49.8 cm³/mol. The summed E-state index contributed by atoms with van der Waals surface area (Å²) in [5.74, 6) is -1.04. The van der Waals surface area contributed by atoms with E-state index in [9.17, 15) is 0 Å². The second-order valence-electron chi connectivity index (χ2n) is 4.73. The molecule has 2 heterocycles. The molecule has 2 aliphatic heterocycles. The summed E-state index contributed by atoms with van der Waals surface area (Å²) >= 11 is 0. The molecule has 0 saturated carbocycles. The average molecular weight is 202 g/mol.